The Bertz CT molecular complexity index is 429. The van der Waals surface area contributed by atoms with Crippen molar-refractivity contribution in [3.63, 3.8) is 0 Å². The fourth-order valence-corrected chi connectivity index (χ4v) is 2.89. The highest BCUT2D eigenvalue weighted by molar-refractivity contribution is 6.31. The van der Waals surface area contributed by atoms with Gasteiger partial charge in [0.05, 0.1) is 0 Å². The maximum Gasteiger partial charge on any atom is 0.0459 e. The zero-order valence-electron chi connectivity index (χ0n) is 12.7. The fourth-order valence-electron chi connectivity index (χ4n) is 2.64. The fraction of sp³-hybridized carbons (Fsp3) is 0.647. The van der Waals surface area contributed by atoms with Gasteiger partial charge >= 0.3 is 0 Å². The van der Waals surface area contributed by atoms with Crippen molar-refractivity contribution in [2.45, 2.75) is 52.0 Å². The van der Waals surface area contributed by atoms with Crippen LogP contribution in [0.4, 0.5) is 5.69 Å². The first-order chi connectivity index (χ1) is 9.65. The minimum Gasteiger partial charge on any atom is -0.371 e. The summed E-state index contributed by atoms with van der Waals surface area (Å²) in [5, 5.41) is 0.864. The van der Waals surface area contributed by atoms with Gasteiger partial charge in [0.15, 0.2) is 0 Å². The van der Waals surface area contributed by atoms with Gasteiger partial charge in [-0.25, -0.2) is 0 Å². The molecule has 0 heterocycles. The number of hydrogen-bond donors (Lipinski definition) is 1. The Morgan fingerprint density at radius 1 is 1.35 bits per heavy atom. The van der Waals surface area contributed by atoms with Crippen LogP contribution >= 0.6 is 11.6 Å². The van der Waals surface area contributed by atoms with E-state index in [2.05, 4.69) is 30.9 Å². The van der Waals surface area contributed by atoms with Crippen LogP contribution in [0.15, 0.2) is 18.2 Å². The van der Waals surface area contributed by atoms with Crippen LogP contribution in [0.1, 0.15) is 45.1 Å². The molecule has 0 bridgehead atoms. The number of rotatable bonds is 8. The van der Waals surface area contributed by atoms with Crippen molar-refractivity contribution < 1.29 is 0 Å². The molecule has 1 atom stereocenters. The average Bonchev–Trinajstić information content (AvgIpc) is 3.24. The van der Waals surface area contributed by atoms with Gasteiger partial charge in [0.1, 0.15) is 0 Å². The third-order valence-electron chi connectivity index (χ3n) is 4.09. The molecular formula is C17H27ClN2. The standard InChI is InChI=1S/C17H27ClN2/c1-3-10-20(12-13-8-9-13)17-7-5-6-16(18)15(17)11-14(19)4-2/h5-7,13-14H,3-4,8-12,19H2,1-2H3. The van der Waals surface area contributed by atoms with E-state index in [0.29, 0.717) is 0 Å². The molecule has 2 N–H and O–H groups in total. The number of nitrogens with two attached hydrogens (primary N) is 1. The van der Waals surface area contributed by atoms with Crippen LogP contribution in [0, 0.1) is 5.92 Å². The van der Waals surface area contributed by atoms with E-state index < -0.39 is 0 Å². The number of halogens is 1. The molecule has 2 rings (SSSR count). The zero-order chi connectivity index (χ0) is 14.5. The van der Waals surface area contributed by atoms with E-state index in [1.165, 1.54) is 37.1 Å². The molecule has 0 aromatic heterocycles. The first-order valence-electron chi connectivity index (χ1n) is 7.93. The molecule has 1 aromatic carbocycles. The smallest absolute Gasteiger partial charge is 0.0459 e. The number of benzene rings is 1. The van der Waals surface area contributed by atoms with Crippen LogP contribution in [-0.2, 0) is 6.42 Å². The first-order valence-corrected chi connectivity index (χ1v) is 8.31. The van der Waals surface area contributed by atoms with Gasteiger partial charge in [-0.05, 0) is 55.7 Å². The molecule has 1 saturated carbocycles. The number of nitrogens with zero attached hydrogens (tertiary/aromatic N) is 1. The molecule has 1 unspecified atom stereocenters. The van der Waals surface area contributed by atoms with Gasteiger partial charge < -0.3 is 10.6 Å². The average molecular weight is 295 g/mol. The van der Waals surface area contributed by atoms with Crippen molar-refractivity contribution in [2.24, 2.45) is 11.7 Å². The third kappa shape index (κ3) is 4.13. The van der Waals surface area contributed by atoms with Crippen molar-refractivity contribution in [3.8, 4) is 0 Å². The lowest BCUT2D eigenvalue weighted by Gasteiger charge is -2.28. The zero-order valence-corrected chi connectivity index (χ0v) is 13.5. The molecule has 1 fully saturated rings. The highest BCUT2D eigenvalue weighted by Crippen LogP contribution is 2.34. The molecule has 112 valence electrons. The van der Waals surface area contributed by atoms with Gasteiger partial charge in [0.2, 0.25) is 0 Å². The Balaban J connectivity index is 2.24. The lowest BCUT2D eigenvalue weighted by Crippen LogP contribution is -2.29. The summed E-state index contributed by atoms with van der Waals surface area (Å²) in [6, 6.07) is 6.46. The second kappa shape index (κ2) is 7.33. The van der Waals surface area contributed by atoms with Gasteiger partial charge in [0, 0.05) is 29.8 Å². The van der Waals surface area contributed by atoms with Crippen LogP contribution < -0.4 is 10.6 Å². The number of anilines is 1. The molecule has 0 radical (unpaired) electrons. The molecule has 3 heteroatoms. The van der Waals surface area contributed by atoms with Gasteiger partial charge in [0.25, 0.3) is 0 Å². The summed E-state index contributed by atoms with van der Waals surface area (Å²) in [5.74, 6) is 0.883. The molecule has 0 amide bonds. The van der Waals surface area contributed by atoms with E-state index in [4.69, 9.17) is 17.3 Å². The topological polar surface area (TPSA) is 29.3 Å². The van der Waals surface area contributed by atoms with Crippen LogP contribution in [0.2, 0.25) is 5.02 Å². The van der Waals surface area contributed by atoms with Crippen LogP contribution in [0.5, 0.6) is 0 Å². The van der Waals surface area contributed by atoms with E-state index >= 15 is 0 Å². The first kappa shape index (κ1) is 15.7. The second-order valence-corrected chi connectivity index (χ2v) is 6.41. The van der Waals surface area contributed by atoms with E-state index in [9.17, 15) is 0 Å². The lowest BCUT2D eigenvalue weighted by atomic mass is 10.0. The molecule has 0 spiro atoms. The van der Waals surface area contributed by atoms with Crippen LogP contribution in [-0.4, -0.2) is 19.1 Å². The van der Waals surface area contributed by atoms with Crippen molar-refractivity contribution in [1.82, 2.24) is 0 Å². The Morgan fingerprint density at radius 3 is 2.70 bits per heavy atom. The Kier molecular flexibility index (Phi) is 5.74. The maximum absolute atomic E-state index is 6.44. The Morgan fingerprint density at radius 2 is 2.10 bits per heavy atom. The molecule has 1 aliphatic carbocycles. The van der Waals surface area contributed by atoms with E-state index in [1.807, 2.05) is 6.07 Å². The predicted octanol–water partition coefficient (Wildman–Crippen LogP) is 4.25. The maximum atomic E-state index is 6.44. The van der Waals surface area contributed by atoms with Gasteiger partial charge in [-0.15, -0.1) is 0 Å². The summed E-state index contributed by atoms with van der Waals surface area (Å²) >= 11 is 6.44. The number of hydrogen-bond acceptors (Lipinski definition) is 2. The van der Waals surface area contributed by atoms with Crippen LogP contribution in [0.25, 0.3) is 0 Å². The summed E-state index contributed by atoms with van der Waals surface area (Å²) in [6.07, 6.45) is 5.78. The van der Waals surface area contributed by atoms with Crippen molar-refractivity contribution in [2.75, 3.05) is 18.0 Å². The Labute approximate surface area is 128 Å². The summed E-state index contributed by atoms with van der Waals surface area (Å²) in [7, 11) is 0. The molecule has 0 aliphatic heterocycles. The quantitative estimate of drug-likeness (QED) is 0.777. The van der Waals surface area contributed by atoms with Crippen LogP contribution in [0.3, 0.4) is 0 Å². The summed E-state index contributed by atoms with van der Waals surface area (Å²) in [4.78, 5) is 2.52. The Hall–Kier alpha value is -0.730. The molecule has 0 saturated heterocycles. The van der Waals surface area contributed by atoms with Crippen molar-refractivity contribution in [1.29, 1.82) is 0 Å². The normalized spacial score (nSPS) is 16.2. The summed E-state index contributed by atoms with van der Waals surface area (Å²) < 4.78 is 0. The van der Waals surface area contributed by atoms with E-state index in [-0.39, 0.29) is 6.04 Å². The second-order valence-electron chi connectivity index (χ2n) is 6.00. The van der Waals surface area contributed by atoms with E-state index in [1.54, 1.807) is 0 Å². The summed E-state index contributed by atoms with van der Waals surface area (Å²) in [6.45, 7) is 6.64. The van der Waals surface area contributed by atoms with Crippen molar-refractivity contribution in [3.05, 3.63) is 28.8 Å². The largest absolute Gasteiger partial charge is 0.371 e. The SMILES string of the molecule is CCCN(CC1CC1)c1cccc(Cl)c1CC(N)CC. The van der Waals surface area contributed by atoms with Crippen molar-refractivity contribution >= 4 is 17.3 Å². The van der Waals surface area contributed by atoms with Gasteiger partial charge in [-0.1, -0.05) is 31.5 Å². The molecule has 1 aromatic rings. The highest BCUT2D eigenvalue weighted by atomic mass is 35.5. The third-order valence-corrected chi connectivity index (χ3v) is 4.45. The van der Waals surface area contributed by atoms with E-state index in [0.717, 1.165) is 30.3 Å². The van der Waals surface area contributed by atoms with Gasteiger partial charge in [-0.3, -0.25) is 0 Å². The minimum atomic E-state index is 0.193. The minimum absolute atomic E-state index is 0.193. The summed E-state index contributed by atoms with van der Waals surface area (Å²) in [5.41, 5.74) is 8.69. The highest BCUT2D eigenvalue weighted by Gasteiger charge is 2.25. The molecular weight excluding hydrogens is 268 g/mol. The molecule has 20 heavy (non-hydrogen) atoms. The monoisotopic (exact) mass is 294 g/mol. The predicted molar refractivity (Wildman–Crippen MR) is 88.7 cm³/mol. The molecule has 2 nitrogen and oxygen atoms in total. The lowest BCUT2D eigenvalue weighted by molar-refractivity contribution is 0.640. The van der Waals surface area contributed by atoms with Gasteiger partial charge in [-0.2, -0.15) is 0 Å². The molecule has 1 aliphatic rings.